The van der Waals surface area contributed by atoms with E-state index in [-0.39, 0.29) is 30.2 Å². The second-order valence-electron chi connectivity index (χ2n) is 9.81. The first-order chi connectivity index (χ1) is 14.7. The quantitative estimate of drug-likeness (QED) is 0.397. The fourth-order valence-corrected chi connectivity index (χ4v) is 4.26. The second-order valence-corrected chi connectivity index (χ2v) is 9.81. The Morgan fingerprint density at radius 2 is 1.94 bits per heavy atom. The number of esters is 1. The van der Waals surface area contributed by atoms with E-state index in [0.29, 0.717) is 18.8 Å². The van der Waals surface area contributed by atoms with Gasteiger partial charge in [-0.05, 0) is 62.8 Å². The van der Waals surface area contributed by atoms with Crippen LogP contribution in [0.15, 0.2) is 42.1 Å². The molecule has 2 heterocycles. The molecule has 4 nitrogen and oxygen atoms in total. The van der Waals surface area contributed by atoms with Gasteiger partial charge in [-0.25, -0.2) is 0 Å². The average molecular weight is 426 g/mol. The molecular formula is C27H39NO3. The molecule has 0 aliphatic carbocycles. The van der Waals surface area contributed by atoms with Crippen LogP contribution in [-0.4, -0.2) is 22.8 Å². The molecule has 0 saturated carbocycles. The van der Waals surface area contributed by atoms with Crippen molar-refractivity contribution in [2.75, 3.05) is 0 Å². The first-order valence-electron chi connectivity index (χ1n) is 11.7. The van der Waals surface area contributed by atoms with Crippen molar-refractivity contribution in [2.45, 2.75) is 85.7 Å². The summed E-state index contributed by atoms with van der Waals surface area (Å²) in [6.07, 6.45) is 13.0. The number of nitrogens with zero attached hydrogens (tertiary/aromatic N) is 1. The van der Waals surface area contributed by atoms with Gasteiger partial charge in [0, 0.05) is 30.4 Å². The smallest absolute Gasteiger partial charge is 0.306 e. The molecule has 2 rings (SSSR count). The summed E-state index contributed by atoms with van der Waals surface area (Å²) in [7, 11) is 0. The summed E-state index contributed by atoms with van der Waals surface area (Å²) in [5, 5.41) is 0. The lowest BCUT2D eigenvalue weighted by Crippen LogP contribution is -2.31. The van der Waals surface area contributed by atoms with Gasteiger partial charge < -0.3 is 4.74 Å². The van der Waals surface area contributed by atoms with E-state index in [1.54, 1.807) is 6.20 Å². The zero-order valence-electron chi connectivity index (χ0n) is 19.9. The number of rotatable bonds is 2. The van der Waals surface area contributed by atoms with E-state index >= 15 is 0 Å². The van der Waals surface area contributed by atoms with Crippen LogP contribution >= 0.6 is 0 Å². The summed E-state index contributed by atoms with van der Waals surface area (Å²) < 4.78 is 5.78. The van der Waals surface area contributed by atoms with Crippen molar-refractivity contribution >= 4 is 17.8 Å². The molecule has 31 heavy (non-hydrogen) atoms. The van der Waals surface area contributed by atoms with Gasteiger partial charge in [0.05, 0.1) is 5.69 Å². The molecule has 0 N–H and O–H groups in total. The third kappa shape index (κ3) is 8.80. The molecule has 0 fully saturated rings. The molecule has 0 saturated heterocycles. The Hall–Kier alpha value is -2.23. The molecule has 1 aliphatic heterocycles. The highest BCUT2D eigenvalue weighted by Gasteiger charge is 2.32. The highest BCUT2D eigenvalue weighted by atomic mass is 16.5. The van der Waals surface area contributed by atoms with Gasteiger partial charge in [0.15, 0.2) is 0 Å². The minimum atomic E-state index is -0.523. The Kier molecular flexibility index (Phi) is 9.67. The van der Waals surface area contributed by atoms with Crippen molar-refractivity contribution in [3.63, 3.8) is 0 Å². The minimum Gasteiger partial charge on any atom is -0.458 e. The normalized spacial score (nSPS) is 28.7. The molecule has 0 spiro atoms. The van der Waals surface area contributed by atoms with Crippen LogP contribution in [0.3, 0.4) is 0 Å². The van der Waals surface area contributed by atoms with Gasteiger partial charge in [-0.1, -0.05) is 51.8 Å². The summed E-state index contributed by atoms with van der Waals surface area (Å²) >= 11 is 0. The maximum absolute atomic E-state index is 13.0. The Balaban J connectivity index is 2.17. The minimum absolute atomic E-state index is 0.0135. The highest BCUT2D eigenvalue weighted by Crippen LogP contribution is 2.31. The highest BCUT2D eigenvalue weighted by molar-refractivity contribution is 5.86. The van der Waals surface area contributed by atoms with E-state index in [2.05, 4.69) is 24.9 Å². The molecule has 0 radical (unpaired) electrons. The molecule has 3 atom stereocenters. The number of ether oxygens (including phenoxy) is 1. The average Bonchev–Trinajstić information content (AvgIpc) is 2.73. The number of Topliss-reactive ketones (excluding diaryl/α,β-unsaturated/α-hetero) is 1. The van der Waals surface area contributed by atoms with Crippen molar-refractivity contribution in [1.82, 2.24) is 4.98 Å². The third-order valence-corrected chi connectivity index (χ3v) is 6.24. The number of cyclic esters (lactones) is 1. The molecule has 0 aromatic carbocycles. The first-order valence-corrected chi connectivity index (χ1v) is 11.7. The summed E-state index contributed by atoms with van der Waals surface area (Å²) in [4.78, 5) is 29.9. The number of pyridine rings is 1. The number of hydrogen-bond acceptors (Lipinski definition) is 4. The Morgan fingerprint density at radius 1 is 1.16 bits per heavy atom. The summed E-state index contributed by atoms with van der Waals surface area (Å²) in [6.45, 7) is 10.3. The number of ketones is 1. The van der Waals surface area contributed by atoms with Crippen molar-refractivity contribution < 1.29 is 14.3 Å². The molecule has 4 heteroatoms. The van der Waals surface area contributed by atoms with E-state index in [0.717, 1.165) is 31.4 Å². The van der Waals surface area contributed by atoms with Gasteiger partial charge in [-0.2, -0.15) is 0 Å². The van der Waals surface area contributed by atoms with Gasteiger partial charge in [0.2, 0.25) is 0 Å². The summed E-state index contributed by atoms with van der Waals surface area (Å²) in [5.41, 5.74) is 1.63. The van der Waals surface area contributed by atoms with Crippen LogP contribution < -0.4 is 0 Å². The number of aromatic nitrogens is 1. The zero-order valence-corrected chi connectivity index (χ0v) is 19.9. The Morgan fingerprint density at radius 3 is 2.65 bits per heavy atom. The van der Waals surface area contributed by atoms with Crippen LogP contribution in [0.4, 0.5) is 0 Å². The van der Waals surface area contributed by atoms with Gasteiger partial charge in [0.1, 0.15) is 11.9 Å². The SMILES string of the molecule is C/C1=C/CC(C=Cc2ccccn2)OC(=O)CCC(C)(C)C(=O)C(C)CC(C)CCC1. The van der Waals surface area contributed by atoms with Crippen molar-refractivity contribution in [1.29, 1.82) is 0 Å². The fraction of sp³-hybridized carbons (Fsp3) is 0.593. The van der Waals surface area contributed by atoms with E-state index in [1.807, 2.05) is 51.1 Å². The number of hydrogen-bond donors (Lipinski definition) is 0. The molecule has 0 bridgehead atoms. The summed E-state index contributed by atoms with van der Waals surface area (Å²) in [6, 6.07) is 5.73. The predicted octanol–water partition coefficient (Wildman–Crippen LogP) is 6.56. The molecule has 1 aliphatic rings. The van der Waals surface area contributed by atoms with Crippen molar-refractivity contribution in [3.05, 3.63) is 47.8 Å². The standard InChI is InChI=1S/C27H39NO3/c1-20-9-8-10-21(2)19-22(3)26(30)27(4,5)17-16-25(29)31-24(14-12-20)15-13-23-11-6-7-18-28-23/h6-7,11-13,15,18,21-22,24H,8-10,14,16-17,19H2,1-5H3/b15-13?,20-12-. The number of carbonyl (C=O) groups excluding carboxylic acids is 2. The molecular weight excluding hydrogens is 386 g/mol. The maximum Gasteiger partial charge on any atom is 0.306 e. The molecule has 170 valence electrons. The summed E-state index contributed by atoms with van der Waals surface area (Å²) in [5.74, 6) is 0.534. The van der Waals surface area contributed by atoms with Crippen molar-refractivity contribution in [2.24, 2.45) is 17.3 Å². The topological polar surface area (TPSA) is 56.3 Å². The molecule has 1 aromatic heterocycles. The maximum atomic E-state index is 13.0. The number of allylic oxidation sites excluding steroid dienone is 1. The third-order valence-electron chi connectivity index (χ3n) is 6.24. The predicted molar refractivity (Wildman–Crippen MR) is 126 cm³/mol. The fourth-order valence-electron chi connectivity index (χ4n) is 4.26. The van der Waals surface area contributed by atoms with Crippen LogP contribution in [-0.2, 0) is 14.3 Å². The molecule has 3 unspecified atom stereocenters. The monoisotopic (exact) mass is 425 g/mol. The van der Waals surface area contributed by atoms with E-state index < -0.39 is 5.41 Å². The lowest BCUT2D eigenvalue weighted by atomic mass is 9.75. The second kappa shape index (κ2) is 12.0. The van der Waals surface area contributed by atoms with E-state index in [1.165, 1.54) is 5.57 Å². The molecule has 0 amide bonds. The van der Waals surface area contributed by atoms with Gasteiger partial charge >= 0.3 is 5.97 Å². The van der Waals surface area contributed by atoms with Gasteiger partial charge in [-0.15, -0.1) is 0 Å². The Labute approximate surface area is 188 Å². The van der Waals surface area contributed by atoms with Crippen LogP contribution in [0, 0.1) is 17.3 Å². The zero-order chi connectivity index (χ0) is 22.9. The first kappa shape index (κ1) is 25.0. The van der Waals surface area contributed by atoms with Crippen LogP contribution in [0.2, 0.25) is 0 Å². The molecule has 1 aromatic rings. The lowest BCUT2D eigenvalue weighted by molar-refractivity contribution is -0.147. The van der Waals surface area contributed by atoms with E-state index in [9.17, 15) is 9.59 Å². The van der Waals surface area contributed by atoms with E-state index in [4.69, 9.17) is 4.74 Å². The van der Waals surface area contributed by atoms with Crippen LogP contribution in [0.5, 0.6) is 0 Å². The van der Waals surface area contributed by atoms with Gasteiger partial charge in [-0.3, -0.25) is 14.6 Å². The van der Waals surface area contributed by atoms with Crippen LogP contribution in [0.1, 0.15) is 85.3 Å². The van der Waals surface area contributed by atoms with Crippen LogP contribution in [0.25, 0.3) is 6.08 Å². The number of carbonyl (C=O) groups is 2. The van der Waals surface area contributed by atoms with Gasteiger partial charge in [0.25, 0.3) is 0 Å². The Bertz CT molecular complexity index is 779. The lowest BCUT2D eigenvalue weighted by Gasteiger charge is -2.28. The largest absolute Gasteiger partial charge is 0.458 e. The van der Waals surface area contributed by atoms with Crippen molar-refractivity contribution in [3.8, 4) is 0 Å².